The molecule has 3 aromatic heterocycles. The second-order valence-electron chi connectivity index (χ2n) is 7.05. The van der Waals surface area contributed by atoms with Gasteiger partial charge in [0.1, 0.15) is 5.82 Å². The normalized spacial score (nSPS) is 15.2. The first-order chi connectivity index (χ1) is 12.8. The molecule has 1 fully saturated rings. The SMILES string of the molecule is c1ccc(-c2cc(NCC3(Cn4cccn4)CC3)n3nccc3n2)cc1. The lowest BCUT2D eigenvalue weighted by molar-refractivity contribution is 0.416. The van der Waals surface area contributed by atoms with Crippen LogP contribution in [0.15, 0.2) is 67.1 Å². The summed E-state index contributed by atoms with van der Waals surface area (Å²) in [7, 11) is 0. The predicted octanol–water partition coefficient (Wildman–Crippen LogP) is 3.49. The smallest absolute Gasteiger partial charge is 0.157 e. The summed E-state index contributed by atoms with van der Waals surface area (Å²) < 4.78 is 3.90. The minimum absolute atomic E-state index is 0.279. The fraction of sp³-hybridized carbons (Fsp3) is 0.250. The minimum atomic E-state index is 0.279. The number of rotatable bonds is 6. The highest BCUT2D eigenvalue weighted by Crippen LogP contribution is 2.47. The Bertz CT molecular complexity index is 1020. The molecule has 0 bridgehead atoms. The first-order valence-corrected chi connectivity index (χ1v) is 8.93. The lowest BCUT2D eigenvalue weighted by Crippen LogP contribution is -2.22. The van der Waals surface area contributed by atoms with E-state index in [4.69, 9.17) is 4.98 Å². The fourth-order valence-electron chi connectivity index (χ4n) is 3.38. The molecule has 1 aromatic carbocycles. The fourth-order valence-corrected chi connectivity index (χ4v) is 3.38. The molecule has 3 heterocycles. The first-order valence-electron chi connectivity index (χ1n) is 8.93. The van der Waals surface area contributed by atoms with E-state index >= 15 is 0 Å². The summed E-state index contributed by atoms with van der Waals surface area (Å²) in [5.74, 6) is 0.977. The van der Waals surface area contributed by atoms with Crippen molar-refractivity contribution in [1.29, 1.82) is 0 Å². The van der Waals surface area contributed by atoms with E-state index in [9.17, 15) is 0 Å². The molecule has 1 saturated carbocycles. The number of fused-ring (bicyclic) bond motifs is 1. The van der Waals surface area contributed by atoms with Gasteiger partial charge in [0.05, 0.1) is 11.9 Å². The third-order valence-corrected chi connectivity index (χ3v) is 5.09. The molecule has 6 heteroatoms. The largest absolute Gasteiger partial charge is 0.369 e. The zero-order valence-corrected chi connectivity index (χ0v) is 14.4. The van der Waals surface area contributed by atoms with Crippen molar-refractivity contribution in [2.75, 3.05) is 11.9 Å². The van der Waals surface area contributed by atoms with Gasteiger partial charge in [0.25, 0.3) is 0 Å². The molecule has 1 aliphatic carbocycles. The van der Waals surface area contributed by atoms with Gasteiger partial charge in [-0.15, -0.1) is 0 Å². The van der Waals surface area contributed by atoms with Crippen LogP contribution in [0.4, 0.5) is 5.82 Å². The van der Waals surface area contributed by atoms with Crippen molar-refractivity contribution in [2.45, 2.75) is 19.4 Å². The number of aromatic nitrogens is 5. The van der Waals surface area contributed by atoms with Gasteiger partial charge in [-0.05, 0) is 18.9 Å². The van der Waals surface area contributed by atoms with E-state index in [0.717, 1.165) is 35.8 Å². The Morgan fingerprint density at radius 1 is 1.00 bits per heavy atom. The molecule has 1 aliphatic rings. The van der Waals surface area contributed by atoms with Gasteiger partial charge in [0.2, 0.25) is 0 Å². The van der Waals surface area contributed by atoms with E-state index in [1.54, 1.807) is 6.20 Å². The number of nitrogens with one attached hydrogen (secondary N) is 1. The first kappa shape index (κ1) is 15.1. The molecular weight excluding hydrogens is 324 g/mol. The summed E-state index contributed by atoms with van der Waals surface area (Å²) in [6.45, 7) is 1.85. The number of anilines is 1. The zero-order chi connectivity index (χ0) is 17.4. The molecule has 4 aromatic rings. The van der Waals surface area contributed by atoms with Crippen LogP contribution < -0.4 is 5.32 Å². The van der Waals surface area contributed by atoms with Gasteiger partial charge < -0.3 is 5.32 Å². The summed E-state index contributed by atoms with van der Waals surface area (Å²) in [5.41, 5.74) is 3.20. The van der Waals surface area contributed by atoms with Gasteiger partial charge in [0, 0.05) is 48.6 Å². The number of hydrogen-bond acceptors (Lipinski definition) is 4. The van der Waals surface area contributed by atoms with Crippen molar-refractivity contribution in [3.63, 3.8) is 0 Å². The van der Waals surface area contributed by atoms with Gasteiger partial charge in [0.15, 0.2) is 5.65 Å². The Balaban J connectivity index is 1.42. The molecular formula is C20H20N6. The second kappa shape index (κ2) is 5.98. The summed E-state index contributed by atoms with van der Waals surface area (Å²) in [6, 6.07) is 16.3. The monoisotopic (exact) mass is 344 g/mol. The van der Waals surface area contributed by atoms with E-state index < -0.39 is 0 Å². The molecule has 1 N–H and O–H groups in total. The predicted molar refractivity (Wildman–Crippen MR) is 101 cm³/mol. The van der Waals surface area contributed by atoms with Gasteiger partial charge in [-0.25, -0.2) is 4.98 Å². The molecule has 0 unspecified atom stereocenters. The molecule has 130 valence electrons. The van der Waals surface area contributed by atoms with Crippen molar-refractivity contribution < 1.29 is 0 Å². The van der Waals surface area contributed by atoms with Crippen LogP contribution in [0.5, 0.6) is 0 Å². The van der Waals surface area contributed by atoms with Crippen LogP contribution in [0.2, 0.25) is 0 Å². The molecule has 26 heavy (non-hydrogen) atoms. The van der Waals surface area contributed by atoms with Gasteiger partial charge >= 0.3 is 0 Å². The second-order valence-corrected chi connectivity index (χ2v) is 7.05. The highest BCUT2D eigenvalue weighted by molar-refractivity contribution is 5.66. The van der Waals surface area contributed by atoms with E-state index in [-0.39, 0.29) is 5.41 Å². The highest BCUT2D eigenvalue weighted by atomic mass is 15.3. The van der Waals surface area contributed by atoms with Crippen molar-refractivity contribution in [3.05, 3.63) is 67.1 Å². The van der Waals surface area contributed by atoms with Crippen LogP contribution in [0.1, 0.15) is 12.8 Å². The van der Waals surface area contributed by atoms with Crippen molar-refractivity contribution >= 4 is 11.5 Å². The van der Waals surface area contributed by atoms with Crippen LogP contribution >= 0.6 is 0 Å². The van der Waals surface area contributed by atoms with Gasteiger partial charge in [-0.3, -0.25) is 4.68 Å². The Kier molecular flexibility index (Phi) is 3.48. The highest BCUT2D eigenvalue weighted by Gasteiger charge is 2.43. The Hall–Kier alpha value is -3.15. The minimum Gasteiger partial charge on any atom is -0.369 e. The topological polar surface area (TPSA) is 60.0 Å². The van der Waals surface area contributed by atoms with Gasteiger partial charge in [-0.2, -0.15) is 14.7 Å². The Labute approximate surface area is 151 Å². The zero-order valence-electron chi connectivity index (χ0n) is 14.4. The molecule has 0 amide bonds. The average Bonchev–Trinajstić information content (AvgIpc) is 3.06. The lowest BCUT2D eigenvalue weighted by Gasteiger charge is -2.18. The number of nitrogens with zero attached hydrogens (tertiary/aromatic N) is 5. The summed E-state index contributed by atoms with van der Waals surface area (Å²) in [5, 5.41) is 12.4. The molecule has 0 atom stereocenters. The molecule has 0 aliphatic heterocycles. The lowest BCUT2D eigenvalue weighted by atomic mass is 10.1. The summed E-state index contributed by atoms with van der Waals surface area (Å²) in [4.78, 5) is 4.73. The van der Waals surface area contributed by atoms with Crippen molar-refractivity contribution in [1.82, 2.24) is 24.4 Å². The van der Waals surface area contributed by atoms with Crippen LogP contribution in [-0.2, 0) is 6.54 Å². The molecule has 5 rings (SSSR count). The van der Waals surface area contributed by atoms with Crippen molar-refractivity contribution in [3.8, 4) is 11.3 Å². The maximum Gasteiger partial charge on any atom is 0.157 e. The van der Waals surface area contributed by atoms with Crippen LogP contribution in [-0.4, -0.2) is 30.9 Å². The average molecular weight is 344 g/mol. The maximum absolute atomic E-state index is 4.73. The van der Waals surface area contributed by atoms with Crippen molar-refractivity contribution in [2.24, 2.45) is 5.41 Å². The summed E-state index contributed by atoms with van der Waals surface area (Å²) >= 11 is 0. The van der Waals surface area contributed by atoms with Crippen LogP contribution in [0.25, 0.3) is 16.9 Å². The third kappa shape index (κ3) is 2.83. The van der Waals surface area contributed by atoms with E-state index in [0.29, 0.717) is 0 Å². The Morgan fingerprint density at radius 3 is 2.65 bits per heavy atom. The number of hydrogen-bond donors (Lipinski definition) is 1. The quantitative estimate of drug-likeness (QED) is 0.582. The van der Waals surface area contributed by atoms with E-state index in [1.165, 1.54) is 12.8 Å². The van der Waals surface area contributed by atoms with Gasteiger partial charge in [-0.1, -0.05) is 30.3 Å². The Morgan fingerprint density at radius 2 is 1.88 bits per heavy atom. The summed E-state index contributed by atoms with van der Waals surface area (Å²) in [6.07, 6.45) is 8.11. The standard InChI is InChI=1S/C20H20N6/c1-2-5-16(6-3-1)17-13-19(26-18(24-17)7-11-23-26)21-14-20(8-9-20)15-25-12-4-10-22-25/h1-7,10-13,21H,8-9,14-15H2. The molecule has 6 nitrogen and oxygen atoms in total. The van der Waals surface area contributed by atoms with E-state index in [2.05, 4.69) is 33.7 Å². The van der Waals surface area contributed by atoms with Crippen LogP contribution in [0, 0.1) is 5.41 Å². The molecule has 0 radical (unpaired) electrons. The van der Waals surface area contributed by atoms with Crippen LogP contribution in [0.3, 0.4) is 0 Å². The molecule has 0 spiro atoms. The third-order valence-electron chi connectivity index (χ3n) is 5.09. The number of benzene rings is 1. The molecule has 0 saturated heterocycles. The van der Waals surface area contributed by atoms with E-state index in [1.807, 2.05) is 51.9 Å². The maximum atomic E-state index is 4.73.